The van der Waals surface area contributed by atoms with E-state index in [0.717, 1.165) is 24.0 Å². The van der Waals surface area contributed by atoms with Crippen molar-refractivity contribution in [2.75, 3.05) is 13.1 Å². The van der Waals surface area contributed by atoms with Gasteiger partial charge in [0, 0.05) is 36.3 Å². The monoisotopic (exact) mass is 327 g/mol. The zero-order valence-corrected chi connectivity index (χ0v) is 14.4. The third-order valence-corrected chi connectivity index (χ3v) is 5.36. The Labute approximate surface area is 142 Å². The van der Waals surface area contributed by atoms with Gasteiger partial charge in [-0.1, -0.05) is 6.42 Å². The van der Waals surface area contributed by atoms with Crippen molar-refractivity contribution in [3.8, 4) is 0 Å². The summed E-state index contributed by atoms with van der Waals surface area (Å²) in [4.78, 5) is 19.7. The highest BCUT2D eigenvalue weighted by Crippen LogP contribution is 2.27. The molecule has 0 bridgehead atoms. The minimum Gasteiger partial charge on any atom is -0.348 e. The number of nitrogens with one attached hydrogen (secondary N) is 1. The fourth-order valence-corrected chi connectivity index (χ4v) is 4.11. The number of nitrogens with zero attached hydrogens (tertiary/aromatic N) is 4. The Bertz CT molecular complexity index is 753. The topological polar surface area (TPSA) is 63.1 Å². The van der Waals surface area contributed by atoms with Crippen LogP contribution in [0.25, 0.3) is 11.0 Å². The Morgan fingerprint density at radius 2 is 2.12 bits per heavy atom. The zero-order chi connectivity index (χ0) is 16.7. The predicted molar refractivity (Wildman–Crippen MR) is 93.0 cm³/mol. The van der Waals surface area contributed by atoms with E-state index in [0.29, 0.717) is 11.6 Å². The van der Waals surface area contributed by atoms with Crippen molar-refractivity contribution in [3.05, 3.63) is 24.0 Å². The first-order valence-electron chi connectivity index (χ1n) is 9.01. The molecule has 2 aliphatic heterocycles. The van der Waals surface area contributed by atoms with Gasteiger partial charge in [-0.25, -0.2) is 9.67 Å². The summed E-state index contributed by atoms with van der Waals surface area (Å²) in [7, 11) is 0. The molecule has 6 nitrogen and oxygen atoms in total. The van der Waals surface area contributed by atoms with Crippen molar-refractivity contribution in [1.82, 2.24) is 25.0 Å². The van der Waals surface area contributed by atoms with Gasteiger partial charge in [-0.05, 0) is 45.7 Å². The summed E-state index contributed by atoms with van der Waals surface area (Å²) in [5.41, 5.74) is 1.46. The highest BCUT2D eigenvalue weighted by molar-refractivity contribution is 5.97. The van der Waals surface area contributed by atoms with Crippen LogP contribution in [0.1, 0.15) is 55.9 Å². The van der Waals surface area contributed by atoms with Crippen molar-refractivity contribution in [3.63, 3.8) is 0 Å². The molecule has 2 fully saturated rings. The van der Waals surface area contributed by atoms with Gasteiger partial charge >= 0.3 is 0 Å². The van der Waals surface area contributed by atoms with Gasteiger partial charge in [0.1, 0.15) is 0 Å². The first-order valence-corrected chi connectivity index (χ1v) is 9.01. The quantitative estimate of drug-likeness (QED) is 0.940. The van der Waals surface area contributed by atoms with E-state index < -0.39 is 0 Å². The van der Waals surface area contributed by atoms with E-state index in [1.807, 2.05) is 10.7 Å². The molecular formula is C18H25N5O. The number of amides is 1. The summed E-state index contributed by atoms with van der Waals surface area (Å²) in [5, 5.41) is 8.53. The average Bonchev–Trinajstić information content (AvgIpc) is 3.18. The molecule has 0 spiro atoms. The molecule has 1 N–H and O–H groups in total. The number of carbonyl (C=O) groups is 1. The Balaban J connectivity index is 1.51. The lowest BCUT2D eigenvalue weighted by molar-refractivity contribution is 0.0915. The fourth-order valence-electron chi connectivity index (χ4n) is 4.11. The molecule has 24 heavy (non-hydrogen) atoms. The Morgan fingerprint density at radius 1 is 1.25 bits per heavy atom. The van der Waals surface area contributed by atoms with Gasteiger partial charge < -0.3 is 5.32 Å². The van der Waals surface area contributed by atoms with Gasteiger partial charge in [0.2, 0.25) is 0 Å². The smallest absolute Gasteiger partial charge is 0.253 e. The van der Waals surface area contributed by atoms with E-state index in [-0.39, 0.29) is 18.0 Å². The zero-order valence-electron chi connectivity index (χ0n) is 14.4. The molecule has 2 aromatic heterocycles. The van der Waals surface area contributed by atoms with Gasteiger partial charge in [-0.2, -0.15) is 5.10 Å². The van der Waals surface area contributed by atoms with E-state index in [2.05, 4.69) is 34.1 Å². The minimum atomic E-state index is -0.0147. The minimum absolute atomic E-state index is 0.0147. The molecule has 0 radical (unpaired) electrons. The number of carbonyl (C=O) groups excluding carboxylic acids is 1. The number of hydrogen-bond acceptors (Lipinski definition) is 4. The molecule has 2 atom stereocenters. The van der Waals surface area contributed by atoms with Crippen LogP contribution < -0.4 is 5.32 Å². The number of pyridine rings is 1. The molecule has 2 aromatic rings. The summed E-state index contributed by atoms with van der Waals surface area (Å²) < 4.78 is 1.88. The molecule has 2 saturated heterocycles. The van der Waals surface area contributed by atoms with E-state index in [1.54, 1.807) is 12.4 Å². The van der Waals surface area contributed by atoms with Crippen LogP contribution in [0.3, 0.4) is 0 Å². The second-order valence-electron chi connectivity index (χ2n) is 7.29. The molecule has 0 unspecified atom stereocenters. The second kappa shape index (κ2) is 6.16. The summed E-state index contributed by atoms with van der Waals surface area (Å²) in [6.07, 6.45) is 8.27. The molecule has 128 valence electrons. The largest absolute Gasteiger partial charge is 0.348 e. The van der Waals surface area contributed by atoms with Gasteiger partial charge in [0.25, 0.3) is 5.91 Å². The standard InChI is InChI=1S/C18H25N5O/c1-12(2)23-17-13(11-20-23)9-14(10-19-17)18(24)21-15-6-8-22-7-4-3-5-16(15)22/h9-12,15-16H,3-8H2,1-2H3,(H,21,24)/t15-,16+/m0/s1. The van der Waals surface area contributed by atoms with Gasteiger partial charge in [-0.15, -0.1) is 0 Å². The highest BCUT2D eigenvalue weighted by Gasteiger charge is 2.36. The van der Waals surface area contributed by atoms with Crippen LogP contribution in [-0.4, -0.2) is 50.7 Å². The first kappa shape index (κ1) is 15.6. The van der Waals surface area contributed by atoms with E-state index in [4.69, 9.17) is 0 Å². The molecule has 2 aliphatic rings. The van der Waals surface area contributed by atoms with E-state index in [9.17, 15) is 4.79 Å². The normalized spacial score (nSPS) is 24.5. The van der Waals surface area contributed by atoms with Crippen LogP contribution in [0.15, 0.2) is 18.5 Å². The van der Waals surface area contributed by atoms with Crippen molar-refractivity contribution < 1.29 is 4.79 Å². The van der Waals surface area contributed by atoms with E-state index >= 15 is 0 Å². The summed E-state index contributed by atoms with van der Waals surface area (Å²) in [6.45, 7) is 6.43. The fraction of sp³-hybridized carbons (Fsp3) is 0.611. The maximum Gasteiger partial charge on any atom is 0.253 e. The highest BCUT2D eigenvalue weighted by atomic mass is 16.1. The molecule has 0 aromatic carbocycles. The Kier molecular flexibility index (Phi) is 4.00. The van der Waals surface area contributed by atoms with Crippen LogP contribution in [0, 0.1) is 0 Å². The molecular weight excluding hydrogens is 302 g/mol. The average molecular weight is 327 g/mol. The number of rotatable bonds is 3. The lowest BCUT2D eigenvalue weighted by Gasteiger charge is -2.32. The predicted octanol–water partition coefficient (Wildman–Crippen LogP) is 2.37. The van der Waals surface area contributed by atoms with Crippen LogP contribution in [0.4, 0.5) is 0 Å². The second-order valence-corrected chi connectivity index (χ2v) is 7.29. The van der Waals surface area contributed by atoms with Crippen molar-refractivity contribution in [2.24, 2.45) is 0 Å². The summed E-state index contributed by atoms with van der Waals surface area (Å²) in [5.74, 6) is -0.0147. The molecule has 4 rings (SSSR count). The Hall–Kier alpha value is -1.95. The van der Waals surface area contributed by atoms with Crippen LogP contribution >= 0.6 is 0 Å². The maximum atomic E-state index is 12.7. The van der Waals surface area contributed by atoms with Crippen LogP contribution in [0.5, 0.6) is 0 Å². The molecule has 1 amide bonds. The molecule has 0 saturated carbocycles. The maximum absolute atomic E-state index is 12.7. The van der Waals surface area contributed by atoms with Crippen LogP contribution in [0.2, 0.25) is 0 Å². The molecule has 0 aliphatic carbocycles. The summed E-state index contributed by atoms with van der Waals surface area (Å²) >= 11 is 0. The number of piperidine rings is 1. The SMILES string of the molecule is CC(C)n1ncc2cc(C(=O)N[C@H]3CCN4CCCC[C@H]34)cnc21. The third kappa shape index (κ3) is 2.69. The lowest BCUT2D eigenvalue weighted by Crippen LogP contribution is -2.46. The Morgan fingerprint density at radius 3 is 2.96 bits per heavy atom. The lowest BCUT2D eigenvalue weighted by atomic mass is 9.99. The third-order valence-electron chi connectivity index (χ3n) is 5.36. The van der Waals surface area contributed by atoms with Gasteiger partial charge in [0.05, 0.1) is 11.8 Å². The van der Waals surface area contributed by atoms with E-state index in [1.165, 1.54) is 25.8 Å². The van der Waals surface area contributed by atoms with Crippen molar-refractivity contribution >= 4 is 16.9 Å². The number of hydrogen-bond donors (Lipinski definition) is 1. The van der Waals surface area contributed by atoms with Gasteiger partial charge in [-0.3, -0.25) is 9.69 Å². The van der Waals surface area contributed by atoms with Crippen LogP contribution in [-0.2, 0) is 0 Å². The van der Waals surface area contributed by atoms with Gasteiger partial charge in [0.15, 0.2) is 5.65 Å². The number of fused-ring (bicyclic) bond motifs is 2. The number of aromatic nitrogens is 3. The first-order chi connectivity index (χ1) is 11.6. The van der Waals surface area contributed by atoms with Crippen molar-refractivity contribution in [2.45, 2.75) is 57.7 Å². The molecule has 4 heterocycles. The summed E-state index contributed by atoms with van der Waals surface area (Å²) in [6, 6.07) is 2.94. The molecule has 6 heteroatoms. The van der Waals surface area contributed by atoms with Crippen molar-refractivity contribution in [1.29, 1.82) is 0 Å².